The number of carbonyl (C=O) groups excluding carboxylic acids is 1. The second-order valence-electron chi connectivity index (χ2n) is 5.26. The third kappa shape index (κ3) is 5.59. The lowest BCUT2D eigenvalue weighted by Gasteiger charge is -2.26. The van der Waals surface area contributed by atoms with Crippen LogP contribution in [0, 0.1) is 5.41 Å². The molecule has 0 fully saturated rings. The van der Waals surface area contributed by atoms with E-state index in [1.54, 1.807) is 6.08 Å². The predicted octanol–water partition coefficient (Wildman–Crippen LogP) is -0.828. The van der Waals surface area contributed by atoms with Gasteiger partial charge in [-0.05, 0) is 5.41 Å². The van der Waals surface area contributed by atoms with Crippen molar-refractivity contribution in [1.29, 1.82) is 0 Å². The number of nitrogens with two attached hydrogens (primary N) is 1. The fourth-order valence-corrected chi connectivity index (χ4v) is 1.31. The molecule has 106 valence electrons. The molecule has 0 aromatic carbocycles. The van der Waals surface area contributed by atoms with Crippen LogP contribution >= 0.6 is 0 Å². The molecule has 0 radical (unpaired) electrons. The Bertz CT molecular complexity index is 297. The fraction of sp³-hybridized carbons (Fsp3) is 0.750. The first kappa shape index (κ1) is 17.1. The summed E-state index contributed by atoms with van der Waals surface area (Å²) in [5.41, 5.74) is 4.82. The summed E-state index contributed by atoms with van der Waals surface area (Å²) in [5, 5.41) is 29.0. The van der Waals surface area contributed by atoms with E-state index in [1.165, 1.54) is 13.2 Å². The van der Waals surface area contributed by atoms with Crippen LogP contribution in [0.25, 0.3) is 0 Å². The van der Waals surface area contributed by atoms with Crippen LogP contribution in [0.4, 0.5) is 0 Å². The van der Waals surface area contributed by atoms with Gasteiger partial charge in [0.1, 0.15) is 18.3 Å². The number of primary amides is 1. The van der Waals surface area contributed by atoms with E-state index in [4.69, 9.17) is 5.73 Å². The number of ether oxygens (including phenoxy) is 1. The zero-order valence-electron chi connectivity index (χ0n) is 11.2. The molecule has 18 heavy (non-hydrogen) atoms. The number of allylic oxidation sites excluding steroid dienone is 1. The Morgan fingerprint density at radius 2 is 1.72 bits per heavy atom. The first-order valence-electron chi connectivity index (χ1n) is 5.66. The van der Waals surface area contributed by atoms with Crippen LogP contribution < -0.4 is 5.73 Å². The van der Waals surface area contributed by atoms with Crippen molar-refractivity contribution in [3.05, 3.63) is 12.2 Å². The predicted molar refractivity (Wildman–Crippen MR) is 66.6 cm³/mol. The molecular formula is C12H23NO5. The molecule has 0 heterocycles. The average molecular weight is 261 g/mol. The lowest BCUT2D eigenvalue weighted by Crippen LogP contribution is -2.50. The van der Waals surface area contributed by atoms with Gasteiger partial charge < -0.3 is 25.8 Å². The van der Waals surface area contributed by atoms with Crippen molar-refractivity contribution in [1.82, 2.24) is 0 Å². The van der Waals surface area contributed by atoms with E-state index in [1.807, 2.05) is 20.8 Å². The summed E-state index contributed by atoms with van der Waals surface area (Å²) in [7, 11) is 1.18. The molecule has 0 unspecified atom stereocenters. The van der Waals surface area contributed by atoms with Gasteiger partial charge in [0.15, 0.2) is 6.10 Å². The van der Waals surface area contributed by atoms with Crippen molar-refractivity contribution in [2.45, 2.75) is 45.2 Å². The maximum Gasteiger partial charge on any atom is 0.249 e. The quantitative estimate of drug-likeness (QED) is 0.466. The molecule has 0 aliphatic rings. The molecule has 0 rings (SSSR count). The van der Waals surface area contributed by atoms with Crippen LogP contribution in [0.15, 0.2) is 12.2 Å². The standard InChI is InChI=1S/C12H23NO5/c1-12(2,3)6-5-7(14)8(15)9(16)10(18-4)11(13)17/h5-10,14-16H,1-4H3,(H2,13,17)/t7-,8+,9-,10-/m1/s1. The number of carbonyl (C=O) groups is 1. The van der Waals surface area contributed by atoms with E-state index >= 15 is 0 Å². The minimum atomic E-state index is -1.59. The molecule has 1 amide bonds. The van der Waals surface area contributed by atoms with Gasteiger partial charge in [-0.3, -0.25) is 4.79 Å². The van der Waals surface area contributed by atoms with Crippen molar-refractivity contribution in [2.75, 3.05) is 7.11 Å². The highest BCUT2D eigenvalue weighted by Crippen LogP contribution is 2.16. The second kappa shape index (κ2) is 6.84. The number of methoxy groups -OCH3 is 1. The second-order valence-corrected chi connectivity index (χ2v) is 5.26. The van der Waals surface area contributed by atoms with Crippen LogP contribution in [0.2, 0.25) is 0 Å². The Morgan fingerprint density at radius 3 is 2.06 bits per heavy atom. The highest BCUT2D eigenvalue weighted by Gasteiger charge is 2.33. The SMILES string of the molecule is CO[C@@H](C(N)=O)[C@H](O)[C@@H](O)[C@H](O)C=CC(C)(C)C. The Balaban J connectivity index is 4.68. The minimum Gasteiger partial charge on any atom is -0.387 e. The molecule has 0 bridgehead atoms. The van der Waals surface area contributed by atoms with Crippen LogP contribution in [-0.2, 0) is 9.53 Å². The molecule has 0 aliphatic carbocycles. The molecule has 0 aromatic heterocycles. The van der Waals surface area contributed by atoms with Gasteiger partial charge >= 0.3 is 0 Å². The van der Waals surface area contributed by atoms with Crippen LogP contribution in [0.3, 0.4) is 0 Å². The zero-order valence-corrected chi connectivity index (χ0v) is 11.2. The summed E-state index contributed by atoms with van der Waals surface area (Å²) in [6.45, 7) is 5.75. The van der Waals surface area contributed by atoms with Crippen LogP contribution in [-0.4, -0.2) is 52.8 Å². The topological polar surface area (TPSA) is 113 Å². The summed E-state index contributed by atoms with van der Waals surface area (Å²) in [6.07, 6.45) is -2.76. The van der Waals surface area contributed by atoms with Gasteiger partial charge in [-0.25, -0.2) is 0 Å². The minimum absolute atomic E-state index is 0.171. The first-order chi connectivity index (χ1) is 8.10. The molecule has 0 saturated carbocycles. The molecule has 4 atom stereocenters. The van der Waals surface area contributed by atoms with Gasteiger partial charge in [0, 0.05) is 7.11 Å². The molecule has 6 heteroatoms. The van der Waals surface area contributed by atoms with Gasteiger partial charge in [0.05, 0.1) is 0 Å². The van der Waals surface area contributed by atoms with Gasteiger partial charge in [0.2, 0.25) is 5.91 Å². The summed E-state index contributed by atoms with van der Waals surface area (Å²) in [6, 6.07) is 0. The van der Waals surface area contributed by atoms with Crippen LogP contribution in [0.5, 0.6) is 0 Å². The van der Waals surface area contributed by atoms with Crippen molar-refractivity contribution >= 4 is 5.91 Å². The number of hydrogen-bond donors (Lipinski definition) is 4. The fourth-order valence-electron chi connectivity index (χ4n) is 1.31. The third-order valence-corrected chi connectivity index (χ3v) is 2.34. The summed E-state index contributed by atoms with van der Waals surface area (Å²) < 4.78 is 4.67. The zero-order chi connectivity index (χ0) is 14.5. The van der Waals surface area contributed by atoms with E-state index in [9.17, 15) is 20.1 Å². The molecular weight excluding hydrogens is 238 g/mol. The van der Waals surface area contributed by atoms with E-state index in [0.717, 1.165) is 0 Å². The highest BCUT2D eigenvalue weighted by atomic mass is 16.5. The summed E-state index contributed by atoms with van der Waals surface area (Å²) in [5.74, 6) is -0.906. The summed E-state index contributed by atoms with van der Waals surface area (Å²) in [4.78, 5) is 10.9. The number of amides is 1. The normalized spacial score (nSPS) is 19.5. The number of rotatable bonds is 6. The highest BCUT2D eigenvalue weighted by molar-refractivity contribution is 5.79. The molecule has 5 N–H and O–H groups in total. The smallest absolute Gasteiger partial charge is 0.249 e. The number of hydrogen-bond acceptors (Lipinski definition) is 5. The van der Waals surface area contributed by atoms with Gasteiger partial charge in [-0.1, -0.05) is 32.9 Å². The number of aliphatic hydroxyl groups is 3. The maximum absolute atomic E-state index is 10.9. The summed E-state index contributed by atoms with van der Waals surface area (Å²) >= 11 is 0. The van der Waals surface area contributed by atoms with E-state index in [0.29, 0.717) is 0 Å². The third-order valence-electron chi connectivity index (χ3n) is 2.34. The molecule has 0 aliphatic heterocycles. The van der Waals surface area contributed by atoms with Crippen molar-refractivity contribution in [2.24, 2.45) is 11.1 Å². The first-order valence-corrected chi connectivity index (χ1v) is 5.66. The Hall–Kier alpha value is -0.950. The van der Waals surface area contributed by atoms with Gasteiger partial charge in [-0.2, -0.15) is 0 Å². The van der Waals surface area contributed by atoms with E-state index < -0.39 is 30.3 Å². The molecule has 6 nitrogen and oxygen atoms in total. The lowest BCUT2D eigenvalue weighted by atomic mass is 9.94. The van der Waals surface area contributed by atoms with Crippen molar-refractivity contribution in [3.8, 4) is 0 Å². The molecule has 0 aromatic rings. The van der Waals surface area contributed by atoms with Crippen LogP contribution in [0.1, 0.15) is 20.8 Å². The van der Waals surface area contributed by atoms with Crippen molar-refractivity contribution in [3.63, 3.8) is 0 Å². The number of aliphatic hydroxyl groups excluding tert-OH is 3. The molecule has 0 saturated heterocycles. The Morgan fingerprint density at radius 1 is 1.22 bits per heavy atom. The maximum atomic E-state index is 10.9. The Kier molecular flexibility index (Phi) is 6.48. The Labute approximate surface area is 107 Å². The van der Waals surface area contributed by atoms with Crippen molar-refractivity contribution < 1.29 is 24.9 Å². The largest absolute Gasteiger partial charge is 0.387 e. The van der Waals surface area contributed by atoms with E-state index in [-0.39, 0.29) is 5.41 Å². The molecule has 0 spiro atoms. The monoisotopic (exact) mass is 261 g/mol. The average Bonchev–Trinajstić information content (AvgIpc) is 2.24. The lowest BCUT2D eigenvalue weighted by molar-refractivity contribution is -0.145. The van der Waals surface area contributed by atoms with Gasteiger partial charge in [0.25, 0.3) is 0 Å². The van der Waals surface area contributed by atoms with E-state index in [2.05, 4.69) is 4.74 Å². The van der Waals surface area contributed by atoms with Gasteiger partial charge in [-0.15, -0.1) is 0 Å².